The molecule has 0 heterocycles. The van der Waals surface area contributed by atoms with E-state index in [-0.39, 0.29) is 41.6 Å². The van der Waals surface area contributed by atoms with E-state index in [9.17, 15) is 39.0 Å². The lowest BCUT2D eigenvalue weighted by Gasteiger charge is -2.22. The Hall–Kier alpha value is -1.20. The number of hydrogen-bond acceptors (Lipinski definition) is 17. The molecule has 15 nitrogen and oxygen atoms in total. The van der Waals surface area contributed by atoms with Crippen LogP contribution in [0.2, 0.25) is 0 Å². The summed E-state index contributed by atoms with van der Waals surface area (Å²) < 4.78 is 20.8. The molecule has 0 radical (unpaired) electrons. The van der Waals surface area contributed by atoms with Crippen molar-refractivity contribution in [2.45, 2.75) is 55.7 Å². The molecule has 0 aromatic rings. The highest BCUT2D eigenvalue weighted by Crippen LogP contribution is 2.17. The molecule has 0 aliphatic carbocycles. The van der Waals surface area contributed by atoms with Crippen molar-refractivity contribution in [3.8, 4) is 0 Å². The van der Waals surface area contributed by atoms with Gasteiger partial charge in [0.1, 0.15) is 24.2 Å². The van der Waals surface area contributed by atoms with Crippen molar-refractivity contribution in [3.63, 3.8) is 0 Å². The van der Waals surface area contributed by atoms with Crippen molar-refractivity contribution < 1.29 is 56.8 Å². The number of carboxylic acid groups (broad SMARTS) is 1. The number of esters is 2. The second-order valence-corrected chi connectivity index (χ2v) is 15.0. The smallest absolute Gasteiger partial charge is 0.328 e. The lowest BCUT2D eigenvalue weighted by Crippen LogP contribution is -2.47. The summed E-state index contributed by atoms with van der Waals surface area (Å²) in [7, 11) is 2.41. The van der Waals surface area contributed by atoms with E-state index >= 15 is 0 Å². The minimum absolute atomic E-state index is 0.0279. The zero-order valence-electron chi connectivity index (χ0n) is 27.8. The summed E-state index contributed by atoms with van der Waals surface area (Å²) in [6, 6.07) is -3.15. The van der Waals surface area contributed by atoms with Crippen LogP contribution in [0.5, 0.6) is 0 Å². The van der Waals surface area contributed by atoms with Crippen LogP contribution in [0.15, 0.2) is 0 Å². The zero-order chi connectivity index (χ0) is 36.5. The van der Waals surface area contributed by atoms with E-state index in [4.69, 9.17) is 17.8 Å². The van der Waals surface area contributed by atoms with Crippen molar-refractivity contribution in [2.75, 3.05) is 73.8 Å². The average molecular weight is 798 g/mol. The number of amides is 3. The number of aliphatic carboxylic acids is 1. The summed E-state index contributed by atoms with van der Waals surface area (Å²) >= 11 is 7.20. The molecule has 5 N–H and O–H groups in total. The van der Waals surface area contributed by atoms with Gasteiger partial charge in [-0.05, 0) is 74.1 Å². The third-order valence-corrected chi connectivity index (χ3v) is 10.1. The maximum Gasteiger partial charge on any atom is 0.328 e. The Bertz CT molecular complexity index is 1000. The van der Waals surface area contributed by atoms with Crippen LogP contribution < -0.4 is 16.0 Å². The fraction of sp³-hybridized carbons (Fsp3) is 0.778. The van der Waals surface area contributed by atoms with E-state index in [0.29, 0.717) is 12.2 Å². The number of aliphatic hydroxyl groups excluding tert-OH is 1. The van der Waals surface area contributed by atoms with Crippen LogP contribution in [-0.2, 0) is 46.6 Å². The molecule has 6 unspecified atom stereocenters. The Morgan fingerprint density at radius 3 is 1.38 bits per heavy atom. The number of carboxylic acids is 1. The Morgan fingerprint density at radius 2 is 0.979 bits per heavy atom. The van der Waals surface area contributed by atoms with E-state index in [1.807, 2.05) is 6.26 Å². The standard InChI is InChI=1S/C27H47N3O12S6/c1-39-26(37)17(7-10-43-3)30-24(34)21(15-46-6)42-47-11-8-16(25(35)36)28-23(33)20(14-45-5)41-48-12-9-18(27(38)40-2)29-22(32)19(31)13-44-4/h16-21,31H,7-15H2,1-6H3,(H,28,33)(H,29,32)(H,30,34)(H,35,36). The monoisotopic (exact) mass is 797 g/mol. The third kappa shape index (κ3) is 19.9. The van der Waals surface area contributed by atoms with Gasteiger partial charge in [-0.2, -0.15) is 47.0 Å². The molecule has 0 aromatic heterocycles. The van der Waals surface area contributed by atoms with Crippen LogP contribution in [-0.4, -0.2) is 156 Å². The van der Waals surface area contributed by atoms with Gasteiger partial charge in [-0.25, -0.2) is 14.4 Å². The predicted octanol–water partition coefficient (Wildman–Crippen LogP) is 0.921. The van der Waals surface area contributed by atoms with Crippen LogP contribution in [0, 0.1) is 0 Å². The molecule has 6 atom stereocenters. The molecular weight excluding hydrogens is 751 g/mol. The fourth-order valence-corrected chi connectivity index (χ4v) is 7.15. The van der Waals surface area contributed by atoms with E-state index in [0.717, 1.165) is 24.1 Å². The molecule has 0 aliphatic rings. The first kappa shape index (κ1) is 46.8. The van der Waals surface area contributed by atoms with Crippen LogP contribution in [0.4, 0.5) is 0 Å². The third-order valence-electron chi connectivity index (χ3n) is 6.03. The number of nitrogens with one attached hydrogen (secondary N) is 3. The Balaban J connectivity index is 5.07. The number of thioether (sulfide) groups is 4. The van der Waals surface area contributed by atoms with Crippen molar-refractivity contribution in [2.24, 2.45) is 0 Å². The zero-order valence-corrected chi connectivity index (χ0v) is 32.7. The quantitative estimate of drug-likeness (QED) is 0.0423. The summed E-state index contributed by atoms with van der Waals surface area (Å²) in [4.78, 5) is 74.1. The summed E-state index contributed by atoms with van der Waals surface area (Å²) in [6.45, 7) is 0. The molecule has 0 fully saturated rings. The summed E-state index contributed by atoms with van der Waals surface area (Å²) in [5.74, 6) is -2.86. The number of carbonyl (C=O) groups is 6. The van der Waals surface area contributed by atoms with Crippen LogP contribution >= 0.6 is 71.1 Å². The Labute approximate surface area is 307 Å². The van der Waals surface area contributed by atoms with Gasteiger partial charge < -0.3 is 44.0 Å². The van der Waals surface area contributed by atoms with Gasteiger partial charge in [0.15, 0.2) is 12.2 Å². The Kier molecular flexibility index (Phi) is 27.8. The first-order chi connectivity index (χ1) is 22.9. The van der Waals surface area contributed by atoms with Crippen LogP contribution in [0.3, 0.4) is 0 Å². The molecule has 21 heteroatoms. The van der Waals surface area contributed by atoms with Gasteiger partial charge in [0, 0.05) is 28.8 Å². The lowest BCUT2D eigenvalue weighted by atomic mass is 10.2. The first-order valence-electron chi connectivity index (χ1n) is 14.4. The van der Waals surface area contributed by atoms with Gasteiger partial charge in [0.2, 0.25) is 5.91 Å². The topological polar surface area (TPSA) is 216 Å². The van der Waals surface area contributed by atoms with Gasteiger partial charge in [-0.15, -0.1) is 0 Å². The van der Waals surface area contributed by atoms with E-state index in [1.54, 1.807) is 18.8 Å². The minimum atomic E-state index is -1.30. The molecule has 0 rings (SSSR count). The molecule has 0 saturated heterocycles. The van der Waals surface area contributed by atoms with Crippen LogP contribution in [0.1, 0.15) is 19.3 Å². The van der Waals surface area contributed by atoms with Gasteiger partial charge >= 0.3 is 17.9 Å². The molecule has 278 valence electrons. The Morgan fingerprint density at radius 1 is 0.583 bits per heavy atom. The number of ether oxygens (including phenoxy) is 2. The summed E-state index contributed by atoms with van der Waals surface area (Å²) in [6.07, 6.45) is 4.32. The number of aliphatic hydroxyl groups is 1. The second-order valence-electron chi connectivity index (χ2n) is 9.62. The number of methoxy groups -OCH3 is 2. The van der Waals surface area contributed by atoms with Crippen molar-refractivity contribution in [1.29, 1.82) is 0 Å². The number of rotatable bonds is 28. The maximum absolute atomic E-state index is 13.0. The van der Waals surface area contributed by atoms with Gasteiger partial charge in [-0.3, -0.25) is 14.4 Å². The summed E-state index contributed by atoms with van der Waals surface area (Å²) in [5.41, 5.74) is 0. The second kappa shape index (κ2) is 28.5. The highest BCUT2D eigenvalue weighted by Gasteiger charge is 2.29. The molecule has 0 aromatic carbocycles. The predicted molar refractivity (Wildman–Crippen MR) is 196 cm³/mol. The average Bonchev–Trinajstić information content (AvgIpc) is 3.06. The van der Waals surface area contributed by atoms with Crippen molar-refractivity contribution in [3.05, 3.63) is 0 Å². The first-order valence-corrected chi connectivity index (χ1v) is 21.8. The highest BCUT2D eigenvalue weighted by atomic mass is 32.2. The maximum atomic E-state index is 13.0. The highest BCUT2D eigenvalue weighted by molar-refractivity contribution is 7.99. The van der Waals surface area contributed by atoms with Gasteiger partial charge in [-0.1, -0.05) is 0 Å². The van der Waals surface area contributed by atoms with Gasteiger partial charge in [0.25, 0.3) is 11.8 Å². The van der Waals surface area contributed by atoms with E-state index in [1.165, 1.54) is 61.3 Å². The molecule has 0 bridgehead atoms. The lowest BCUT2D eigenvalue weighted by molar-refractivity contribution is -0.146. The molecular formula is C27H47N3O12S6. The largest absolute Gasteiger partial charge is 0.480 e. The van der Waals surface area contributed by atoms with Gasteiger partial charge in [0.05, 0.1) is 14.2 Å². The molecule has 0 spiro atoms. The SMILES string of the molecule is COC(=O)C(CCSOC(CSC)C(=O)NC(CCSOC(CSC)C(=O)NC(CCSC)C(=O)OC)C(=O)O)NC(=O)C(O)CSC. The van der Waals surface area contributed by atoms with Crippen molar-refractivity contribution >= 4 is 107 Å². The van der Waals surface area contributed by atoms with E-state index < -0.39 is 72.1 Å². The molecule has 48 heavy (non-hydrogen) atoms. The summed E-state index contributed by atoms with van der Waals surface area (Å²) in [5, 5.41) is 27.2. The van der Waals surface area contributed by atoms with E-state index in [2.05, 4.69) is 16.0 Å². The fourth-order valence-electron chi connectivity index (χ4n) is 3.50. The molecule has 0 saturated carbocycles. The molecule has 0 aliphatic heterocycles. The number of hydrogen-bond donors (Lipinski definition) is 5. The minimum Gasteiger partial charge on any atom is -0.480 e. The van der Waals surface area contributed by atoms with Crippen LogP contribution in [0.25, 0.3) is 0 Å². The normalized spacial score (nSPS) is 14.8. The van der Waals surface area contributed by atoms with Crippen molar-refractivity contribution in [1.82, 2.24) is 16.0 Å². The molecule has 3 amide bonds. The number of carbonyl (C=O) groups excluding carboxylic acids is 5.